The lowest BCUT2D eigenvalue weighted by Crippen LogP contribution is -2.29. The molecule has 1 N–H and O–H groups in total. The number of amides is 1. The minimum absolute atomic E-state index is 0.291. The van der Waals surface area contributed by atoms with Crippen LogP contribution in [0.1, 0.15) is 0 Å². The highest BCUT2D eigenvalue weighted by Crippen LogP contribution is 2.31. The average molecular weight is 419 g/mol. The van der Waals surface area contributed by atoms with Crippen LogP contribution in [0.3, 0.4) is 0 Å². The smallest absolute Gasteiger partial charge is 0.267 e. The summed E-state index contributed by atoms with van der Waals surface area (Å²) >= 11 is 0. The summed E-state index contributed by atoms with van der Waals surface area (Å²) in [7, 11) is 2.97. The fourth-order valence-electron chi connectivity index (χ4n) is 2.68. The van der Waals surface area contributed by atoms with Gasteiger partial charge in [0.25, 0.3) is 5.56 Å². The van der Waals surface area contributed by atoms with Crippen LogP contribution in [-0.2, 0) is 11.3 Å². The molecule has 0 spiro atoms. The minimum Gasteiger partial charge on any atom is -0.493 e. The number of hydrogen-bond donors (Lipinski definition) is 1. The summed E-state index contributed by atoms with van der Waals surface area (Å²) in [5, 5.41) is 6.34. The zero-order chi connectivity index (χ0) is 21.8. The third-order valence-corrected chi connectivity index (χ3v) is 4.11. The van der Waals surface area contributed by atoms with E-state index in [1.807, 2.05) is 0 Å². The number of anilines is 1. The lowest BCUT2D eigenvalue weighted by atomic mass is 10.1. The Morgan fingerprint density at radius 3 is 2.30 bits per heavy atom. The second-order valence-corrected chi connectivity index (χ2v) is 6.09. The molecule has 0 aliphatic carbocycles. The molecule has 1 aromatic heterocycles. The van der Waals surface area contributed by atoms with Crippen molar-refractivity contribution in [2.24, 2.45) is 0 Å². The summed E-state index contributed by atoms with van der Waals surface area (Å²) in [5.41, 5.74) is 0.123. The topological polar surface area (TPSA) is 82.5 Å². The summed E-state index contributed by atoms with van der Waals surface area (Å²) in [6, 6.07) is 8.98. The molecule has 0 fully saturated rings. The van der Waals surface area contributed by atoms with Crippen LogP contribution < -0.4 is 20.3 Å². The highest BCUT2D eigenvalue weighted by Gasteiger charge is 2.14. The molecule has 0 aliphatic rings. The van der Waals surface area contributed by atoms with E-state index in [4.69, 9.17) is 9.47 Å². The van der Waals surface area contributed by atoms with Crippen molar-refractivity contribution in [1.29, 1.82) is 0 Å². The van der Waals surface area contributed by atoms with Gasteiger partial charge in [0.15, 0.2) is 29.0 Å². The zero-order valence-corrected chi connectivity index (χ0v) is 15.9. The highest BCUT2D eigenvalue weighted by atomic mass is 19.2. The maximum absolute atomic E-state index is 13.3. The lowest BCUT2D eigenvalue weighted by molar-refractivity contribution is -0.117. The van der Waals surface area contributed by atoms with Crippen LogP contribution >= 0.6 is 0 Å². The fraction of sp³-hybridized carbons (Fsp3) is 0.150. The first kappa shape index (κ1) is 20.9. The molecule has 0 saturated heterocycles. The number of hydrogen-bond acceptors (Lipinski definition) is 5. The molecule has 2 aromatic carbocycles. The van der Waals surface area contributed by atoms with Gasteiger partial charge in [-0.15, -0.1) is 0 Å². The van der Waals surface area contributed by atoms with Crippen LogP contribution in [0.5, 0.6) is 11.5 Å². The Bertz CT molecular complexity index is 1140. The van der Waals surface area contributed by atoms with E-state index in [0.29, 0.717) is 34.9 Å². The van der Waals surface area contributed by atoms with Crippen molar-refractivity contribution in [3.05, 3.63) is 70.3 Å². The second kappa shape index (κ2) is 8.68. The van der Waals surface area contributed by atoms with E-state index in [0.717, 1.165) is 4.68 Å². The number of carbonyl (C=O) groups is 1. The van der Waals surface area contributed by atoms with Crippen molar-refractivity contribution in [3.63, 3.8) is 0 Å². The Morgan fingerprint density at radius 2 is 1.67 bits per heavy atom. The summed E-state index contributed by atoms with van der Waals surface area (Å²) in [5.74, 6) is -4.36. The third kappa shape index (κ3) is 4.43. The maximum Gasteiger partial charge on any atom is 0.267 e. The van der Waals surface area contributed by atoms with Gasteiger partial charge in [0.2, 0.25) is 5.91 Å². The highest BCUT2D eigenvalue weighted by molar-refractivity contribution is 5.90. The number of nitrogens with zero attached hydrogens (tertiary/aromatic N) is 2. The Labute approximate surface area is 168 Å². The average Bonchev–Trinajstić information content (AvgIpc) is 2.73. The van der Waals surface area contributed by atoms with Crippen LogP contribution in [0.2, 0.25) is 0 Å². The Kier molecular flexibility index (Phi) is 6.05. The van der Waals surface area contributed by atoms with Gasteiger partial charge in [-0.3, -0.25) is 9.59 Å². The predicted molar refractivity (Wildman–Crippen MR) is 102 cm³/mol. The molecule has 0 atom stereocenters. The molecule has 0 saturated carbocycles. The second-order valence-electron chi connectivity index (χ2n) is 6.09. The maximum atomic E-state index is 13.3. The van der Waals surface area contributed by atoms with Gasteiger partial charge in [0.05, 0.1) is 19.9 Å². The first-order valence-electron chi connectivity index (χ1n) is 8.57. The van der Waals surface area contributed by atoms with Gasteiger partial charge >= 0.3 is 0 Å². The number of methoxy groups -OCH3 is 2. The molecule has 0 radical (unpaired) electrons. The fourth-order valence-corrected chi connectivity index (χ4v) is 2.68. The minimum atomic E-state index is -1.64. The summed E-state index contributed by atoms with van der Waals surface area (Å²) in [6.07, 6.45) is 0. The molecule has 3 rings (SSSR count). The lowest BCUT2D eigenvalue weighted by Gasteiger charge is -2.11. The molecular weight excluding hydrogens is 403 g/mol. The van der Waals surface area contributed by atoms with E-state index in [2.05, 4.69) is 10.4 Å². The molecular formula is C20H16F3N3O4. The van der Waals surface area contributed by atoms with E-state index >= 15 is 0 Å². The van der Waals surface area contributed by atoms with Crippen LogP contribution in [0.25, 0.3) is 11.3 Å². The van der Waals surface area contributed by atoms with E-state index < -0.39 is 35.5 Å². The van der Waals surface area contributed by atoms with Gasteiger partial charge in [0.1, 0.15) is 6.54 Å². The van der Waals surface area contributed by atoms with E-state index in [1.165, 1.54) is 26.4 Å². The quantitative estimate of drug-likeness (QED) is 0.622. The van der Waals surface area contributed by atoms with Gasteiger partial charge in [-0.2, -0.15) is 5.10 Å². The zero-order valence-electron chi connectivity index (χ0n) is 15.9. The van der Waals surface area contributed by atoms with Gasteiger partial charge in [-0.05, 0) is 24.3 Å². The first-order valence-corrected chi connectivity index (χ1v) is 8.57. The molecule has 1 heterocycles. The van der Waals surface area contributed by atoms with Crippen molar-refractivity contribution < 1.29 is 27.4 Å². The molecule has 0 aliphatic heterocycles. The molecule has 10 heteroatoms. The number of aromatic nitrogens is 2. The van der Waals surface area contributed by atoms with Crippen molar-refractivity contribution in [2.45, 2.75) is 6.54 Å². The molecule has 0 bridgehead atoms. The van der Waals surface area contributed by atoms with Gasteiger partial charge < -0.3 is 14.8 Å². The number of benzene rings is 2. The number of rotatable bonds is 6. The standard InChI is InChI=1S/C20H16F3N3O4/c1-29-16-5-3-11(7-17(16)30-2)15-4-6-19(28)26(25-15)10-18(27)24-12-8-13(21)20(23)14(22)9-12/h3-9H,10H2,1-2H3,(H,24,27). The van der Waals surface area contributed by atoms with E-state index in [-0.39, 0.29) is 5.69 Å². The van der Waals surface area contributed by atoms with Crippen molar-refractivity contribution in [3.8, 4) is 22.8 Å². The van der Waals surface area contributed by atoms with Crippen LogP contribution in [0.15, 0.2) is 47.3 Å². The first-order chi connectivity index (χ1) is 14.3. The van der Waals surface area contributed by atoms with Crippen molar-refractivity contribution in [2.75, 3.05) is 19.5 Å². The number of halogens is 3. The van der Waals surface area contributed by atoms with E-state index in [1.54, 1.807) is 18.2 Å². The molecule has 1 amide bonds. The van der Waals surface area contributed by atoms with Crippen molar-refractivity contribution in [1.82, 2.24) is 9.78 Å². The Morgan fingerprint density at radius 1 is 1.00 bits per heavy atom. The van der Waals surface area contributed by atoms with Gasteiger partial charge in [-0.25, -0.2) is 17.9 Å². The monoisotopic (exact) mass is 419 g/mol. The number of ether oxygens (including phenoxy) is 2. The summed E-state index contributed by atoms with van der Waals surface area (Å²) < 4.78 is 50.9. The van der Waals surface area contributed by atoms with Crippen LogP contribution in [0.4, 0.5) is 18.9 Å². The summed E-state index contributed by atoms with van der Waals surface area (Å²) in [4.78, 5) is 24.3. The normalized spacial score (nSPS) is 10.6. The van der Waals surface area contributed by atoms with Crippen molar-refractivity contribution >= 4 is 11.6 Å². The van der Waals surface area contributed by atoms with Crippen LogP contribution in [0, 0.1) is 17.5 Å². The molecule has 3 aromatic rings. The molecule has 7 nitrogen and oxygen atoms in total. The largest absolute Gasteiger partial charge is 0.493 e. The number of nitrogens with one attached hydrogen (secondary N) is 1. The Hall–Kier alpha value is -3.82. The predicted octanol–water partition coefficient (Wildman–Crippen LogP) is 2.98. The van der Waals surface area contributed by atoms with Gasteiger partial charge in [-0.1, -0.05) is 0 Å². The van der Waals surface area contributed by atoms with Crippen LogP contribution in [-0.4, -0.2) is 29.9 Å². The Balaban J connectivity index is 1.84. The molecule has 30 heavy (non-hydrogen) atoms. The number of carbonyl (C=O) groups excluding carboxylic acids is 1. The van der Waals surface area contributed by atoms with Gasteiger partial charge in [0, 0.05) is 29.4 Å². The summed E-state index contributed by atoms with van der Waals surface area (Å²) in [6.45, 7) is -0.527. The SMILES string of the molecule is COc1ccc(-c2ccc(=O)n(CC(=O)Nc3cc(F)c(F)c(F)c3)n2)cc1OC. The molecule has 156 valence electrons. The third-order valence-electron chi connectivity index (χ3n) is 4.11. The molecule has 0 unspecified atom stereocenters. The van der Waals surface area contributed by atoms with E-state index in [9.17, 15) is 22.8 Å².